The van der Waals surface area contributed by atoms with Crippen LogP contribution in [-0.2, 0) is 40.4 Å². The number of rotatable bonds is 4. The van der Waals surface area contributed by atoms with Gasteiger partial charge in [-0.2, -0.15) is 0 Å². The Bertz CT molecular complexity index is 827. The number of nitrogens with one attached hydrogen (secondary N) is 1. The molecule has 9 heteroatoms. The van der Waals surface area contributed by atoms with Gasteiger partial charge in [0.25, 0.3) is 0 Å². The van der Waals surface area contributed by atoms with Crippen LogP contribution in [0.4, 0.5) is 10.5 Å². The number of benzene rings is 1. The van der Waals surface area contributed by atoms with Gasteiger partial charge in [0.15, 0.2) is 16.1 Å². The van der Waals surface area contributed by atoms with E-state index in [4.69, 9.17) is 4.74 Å². The number of sulfonamides is 1. The number of urea groups is 1. The minimum absolute atomic E-state index is 0. The summed E-state index contributed by atoms with van der Waals surface area (Å²) in [5.41, 5.74) is 5.71. The van der Waals surface area contributed by atoms with E-state index >= 15 is 0 Å². The molecule has 1 aromatic carbocycles. The zero-order valence-electron chi connectivity index (χ0n) is 16.7. The van der Waals surface area contributed by atoms with Crippen LogP contribution < -0.4 is 56.7 Å². The average molecular weight is 432 g/mol. The van der Waals surface area contributed by atoms with Gasteiger partial charge in [-0.3, -0.25) is 4.79 Å². The molecule has 0 radical (unpaired) electrons. The molecule has 1 atom stereocenters. The summed E-state index contributed by atoms with van der Waals surface area (Å²) in [5, 5.41) is 2.81. The van der Waals surface area contributed by atoms with Crippen LogP contribution in [0, 0.1) is 0 Å². The van der Waals surface area contributed by atoms with E-state index in [9.17, 15) is 13.2 Å². The van der Waals surface area contributed by atoms with Crippen LogP contribution in [0.2, 0.25) is 0 Å². The molecule has 0 saturated carbocycles. The molecule has 1 unspecified atom stereocenters. The van der Waals surface area contributed by atoms with Crippen LogP contribution in [0.15, 0.2) is 6.07 Å². The molecule has 0 aromatic heterocycles. The fourth-order valence-electron chi connectivity index (χ4n) is 4.46. The molecule has 1 aromatic rings. The number of carbonyl (C=O) groups excluding carboxylic acids is 1. The van der Waals surface area contributed by atoms with E-state index in [0.717, 1.165) is 61.9 Å². The number of morpholine rings is 1. The smallest absolute Gasteiger partial charge is 0.423 e. The number of carbonyl (C=O) groups is 1. The SMILES string of the molecule is CN1CCOC(CS(=O)(=O)[N-]C(=O)Nc2c3c(cc4c2CCC4)CCC3)C1.[K+]. The number of fused-ring (bicyclic) bond motifs is 2. The third-order valence-electron chi connectivity index (χ3n) is 5.67. The van der Waals surface area contributed by atoms with Crippen molar-refractivity contribution < 1.29 is 69.3 Å². The fourth-order valence-corrected chi connectivity index (χ4v) is 5.51. The van der Waals surface area contributed by atoms with Crippen molar-refractivity contribution in [1.29, 1.82) is 0 Å². The summed E-state index contributed by atoms with van der Waals surface area (Å²) in [6, 6.07) is 1.47. The van der Waals surface area contributed by atoms with Crippen molar-refractivity contribution in [1.82, 2.24) is 4.90 Å². The summed E-state index contributed by atoms with van der Waals surface area (Å²) < 4.78 is 33.7. The summed E-state index contributed by atoms with van der Waals surface area (Å²) in [7, 11) is -1.97. The predicted molar refractivity (Wildman–Crippen MR) is 104 cm³/mol. The minimum Gasteiger partial charge on any atom is -0.423 e. The Morgan fingerprint density at radius 2 is 1.86 bits per heavy atom. The van der Waals surface area contributed by atoms with Gasteiger partial charge in [0.1, 0.15) is 0 Å². The van der Waals surface area contributed by atoms with Gasteiger partial charge in [0, 0.05) is 13.1 Å². The number of anilines is 1. The maximum absolute atomic E-state index is 12.4. The minimum atomic E-state index is -3.89. The molecule has 1 heterocycles. The zero-order valence-corrected chi connectivity index (χ0v) is 20.6. The Kier molecular flexibility index (Phi) is 7.63. The molecule has 7 nitrogen and oxygen atoms in total. The van der Waals surface area contributed by atoms with Crippen molar-refractivity contribution in [2.45, 2.75) is 44.6 Å². The Morgan fingerprint density at radius 1 is 1.21 bits per heavy atom. The van der Waals surface area contributed by atoms with Crippen molar-refractivity contribution in [2.75, 3.05) is 37.8 Å². The molecule has 2 amide bonds. The number of hydrogen-bond acceptors (Lipinski definition) is 5. The van der Waals surface area contributed by atoms with Crippen molar-refractivity contribution in [3.8, 4) is 0 Å². The van der Waals surface area contributed by atoms with E-state index in [2.05, 4.69) is 16.1 Å². The van der Waals surface area contributed by atoms with Gasteiger partial charge in [-0.15, -0.1) is 0 Å². The second kappa shape index (κ2) is 9.43. The summed E-state index contributed by atoms with van der Waals surface area (Å²) in [6.07, 6.45) is 5.59. The molecular formula is C19H26KN3O4S. The van der Waals surface area contributed by atoms with Gasteiger partial charge in [-0.25, -0.2) is 8.42 Å². The van der Waals surface area contributed by atoms with Gasteiger partial charge in [-0.1, -0.05) is 6.07 Å². The first kappa shape index (κ1) is 22.7. The number of amides is 2. The first-order valence-electron chi connectivity index (χ1n) is 9.64. The van der Waals surface area contributed by atoms with E-state index in [1.165, 1.54) is 11.1 Å². The molecule has 148 valence electrons. The van der Waals surface area contributed by atoms with E-state index in [-0.39, 0.29) is 57.1 Å². The third kappa shape index (κ3) is 5.18. The molecule has 0 spiro atoms. The number of hydrogen-bond donors (Lipinski definition) is 1. The second-order valence-corrected chi connectivity index (χ2v) is 9.44. The number of ether oxygens (including phenoxy) is 1. The van der Waals surface area contributed by atoms with Crippen LogP contribution >= 0.6 is 0 Å². The quantitative estimate of drug-likeness (QED) is 0.633. The summed E-state index contributed by atoms with van der Waals surface area (Å²) in [4.78, 5) is 14.4. The van der Waals surface area contributed by atoms with E-state index < -0.39 is 22.2 Å². The van der Waals surface area contributed by atoms with Crippen molar-refractivity contribution >= 4 is 21.7 Å². The van der Waals surface area contributed by atoms with Crippen LogP contribution in [0.1, 0.15) is 35.1 Å². The maximum Gasteiger partial charge on any atom is 1.00 e. The fraction of sp³-hybridized carbons (Fsp3) is 0.632. The van der Waals surface area contributed by atoms with E-state index in [1.54, 1.807) is 0 Å². The Morgan fingerprint density at radius 3 is 2.46 bits per heavy atom. The van der Waals surface area contributed by atoms with Gasteiger partial charge in [0.05, 0.1) is 18.5 Å². The largest absolute Gasteiger partial charge is 1.00 e. The summed E-state index contributed by atoms with van der Waals surface area (Å²) in [5.74, 6) is -0.268. The summed E-state index contributed by atoms with van der Waals surface area (Å²) in [6.45, 7) is 1.79. The Balaban J connectivity index is 0.00000225. The van der Waals surface area contributed by atoms with Crippen molar-refractivity contribution in [3.05, 3.63) is 33.0 Å². The number of nitrogens with zero attached hydrogens (tertiary/aromatic N) is 2. The van der Waals surface area contributed by atoms with Crippen molar-refractivity contribution in [3.63, 3.8) is 0 Å². The van der Waals surface area contributed by atoms with E-state index in [0.29, 0.717) is 13.2 Å². The van der Waals surface area contributed by atoms with Gasteiger partial charge >= 0.3 is 51.4 Å². The average Bonchev–Trinajstić information content (AvgIpc) is 3.22. The normalized spacial score (nSPS) is 21.5. The van der Waals surface area contributed by atoms with Gasteiger partial charge in [-0.05, 0) is 73.5 Å². The molecule has 2 aliphatic carbocycles. The summed E-state index contributed by atoms with van der Waals surface area (Å²) >= 11 is 0. The van der Waals surface area contributed by atoms with Crippen LogP contribution in [0.3, 0.4) is 0 Å². The first-order valence-corrected chi connectivity index (χ1v) is 11.3. The van der Waals surface area contributed by atoms with Crippen LogP contribution in [-0.4, -0.2) is 57.9 Å². The Hall–Kier alpha value is -0.00364. The van der Waals surface area contributed by atoms with Crippen LogP contribution in [0.5, 0.6) is 0 Å². The molecule has 1 fully saturated rings. The van der Waals surface area contributed by atoms with Gasteiger partial charge in [0.2, 0.25) is 0 Å². The first-order chi connectivity index (χ1) is 12.9. The van der Waals surface area contributed by atoms with Crippen molar-refractivity contribution in [2.24, 2.45) is 0 Å². The molecule has 1 saturated heterocycles. The predicted octanol–water partition coefficient (Wildman–Crippen LogP) is -0.766. The molecule has 1 aliphatic heterocycles. The second-order valence-electron chi connectivity index (χ2n) is 7.76. The monoisotopic (exact) mass is 431 g/mol. The molecule has 0 bridgehead atoms. The molecule has 28 heavy (non-hydrogen) atoms. The van der Waals surface area contributed by atoms with Crippen LogP contribution in [0.25, 0.3) is 4.72 Å². The van der Waals surface area contributed by atoms with Gasteiger partial charge < -0.3 is 19.7 Å². The molecule has 3 aliphatic rings. The topological polar surface area (TPSA) is 89.8 Å². The Labute approximate surface area is 209 Å². The standard InChI is InChI=1S/C19H27N3O4S.K/c1-22-8-9-26-15(11-22)12-27(24,25)21-19(23)20-18-16-6-2-4-13(16)10-14-5-3-7-17(14)18;/h10,15H,2-9,11-12H2,1H3,(H2,20,21,23);/q;+1/p-1. The molecular weight excluding hydrogens is 405 g/mol. The molecule has 1 N–H and O–H groups in total. The number of likely N-dealkylation sites (N-methyl/N-ethyl adjacent to an activating group) is 1. The number of aryl methyl sites for hydroxylation is 2. The van der Waals surface area contributed by atoms with E-state index in [1.807, 2.05) is 11.9 Å². The third-order valence-corrected chi connectivity index (χ3v) is 6.90. The zero-order chi connectivity index (χ0) is 19.0. The molecule has 4 rings (SSSR count). The maximum atomic E-state index is 12.4.